The average Bonchev–Trinajstić information content (AvgIpc) is 3.01. The van der Waals surface area contributed by atoms with Crippen molar-refractivity contribution < 1.29 is 18.7 Å². The van der Waals surface area contributed by atoms with Gasteiger partial charge in [0.15, 0.2) is 11.6 Å². The third-order valence-corrected chi connectivity index (χ3v) is 5.89. The van der Waals surface area contributed by atoms with E-state index in [1.807, 2.05) is 24.7 Å². The number of aliphatic hydroxyl groups is 1. The molecule has 0 bridgehead atoms. The molecule has 2 aromatic heterocycles. The lowest BCUT2D eigenvalue weighted by atomic mass is 9.92. The van der Waals surface area contributed by atoms with Crippen molar-refractivity contribution >= 4 is 16.9 Å². The maximum absolute atomic E-state index is 14.3. The lowest BCUT2D eigenvalue weighted by Crippen LogP contribution is -2.45. The molecule has 1 aliphatic carbocycles. The number of nitrogens with one attached hydrogen (secondary N) is 1. The van der Waals surface area contributed by atoms with Crippen LogP contribution in [-0.2, 0) is 13.5 Å². The number of hydrogen-bond donors (Lipinski definition) is 2. The molecule has 2 N–H and O–H groups in total. The molecule has 1 amide bonds. The molecule has 0 saturated heterocycles. The van der Waals surface area contributed by atoms with Gasteiger partial charge in [0.05, 0.1) is 12.1 Å². The number of aliphatic hydroxyl groups excluding tert-OH is 1. The number of benzene rings is 1. The van der Waals surface area contributed by atoms with E-state index >= 15 is 0 Å². The lowest BCUT2D eigenvalue weighted by Gasteiger charge is -2.28. The van der Waals surface area contributed by atoms with Crippen molar-refractivity contribution in [3.63, 3.8) is 0 Å². The van der Waals surface area contributed by atoms with E-state index in [0.717, 1.165) is 36.3 Å². The van der Waals surface area contributed by atoms with Crippen LogP contribution in [0, 0.1) is 18.6 Å². The minimum atomic E-state index is -0.896. The number of pyridine rings is 1. The highest BCUT2D eigenvalue weighted by Gasteiger charge is 2.26. The predicted octanol–water partition coefficient (Wildman–Crippen LogP) is 3.78. The normalized spacial score (nSPS) is 19.2. The average molecular weight is 413 g/mol. The summed E-state index contributed by atoms with van der Waals surface area (Å²) in [5.74, 6) is -2.15. The first kappa shape index (κ1) is 20.5. The van der Waals surface area contributed by atoms with Gasteiger partial charge < -0.3 is 15.0 Å². The van der Waals surface area contributed by atoms with Gasteiger partial charge in [-0.25, -0.2) is 13.8 Å². The Balaban J connectivity index is 1.73. The smallest absolute Gasteiger partial charge is 0.270 e. The van der Waals surface area contributed by atoms with Crippen LogP contribution in [0.4, 0.5) is 8.78 Å². The molecule has 1 aliphatic rings. The van der Waals surface area contributed by atoms with E-state index in [2.05, 4.69) is 10.3 Å². The standard InChI is InChI=1S/C23H25F2N3O2/c1-13-12-28(2)22-20(13)15(10-14-6-5-7-16(24)21(14)25)11-18(26-22)23(30)27-17-8-3-4-9-19(17)29/h5-7,11-12,17,19,29H,3-4,8-10H2,1-2H3,(H,27,30)/t17-,19-/m0/s1. The first-order valence-electron chi connectivity index (χ1n) is 10.2. The third-order valence-electron chi connectivity index (χ3n) is 5.89. The minimum Gasteiger partial charge on any atom is -0.391 e. The molecular formula is C23H25F2N3O2. The zero-order valence-corrected chi connectivity index (χ0v) is 17.1. The van der Waals surface area contributed by atoms with E-state index in [1.165, 1.54) is 6.07 Å². The number of nitrogens with zero attached hydrogens (tertiary/aromatic N) is 2. The quantitative estimate of drug-likeness (QED) is 0.684. The number of carbonyl (C=O) groups is 1. The highest BCUT2D eigenvalue weighted by Crippen LogP contribution is 2.27. The van der Waals surface area contributed by atoms with Crippen LogP contribution in [0.1, 0.15) is 52.9 Å². The Morgan fingerprint density at radius 1 is 1.27 bits per heavy atom. The lowest BCUT2D eigenvalue weighted by molar-refractivity contribution is 0.0714. The molecule has 7 heteroatoms. The Labute approximate surface area is 173 Å². The molecule has 1 saturated carbocycles. The van der Waals surface area contributed by atoms with Crippen molar-refractivity contribution in [2.75, 3.05) is 0 Å². The van der Waals surface area contributed by atoms with Crippen molar-refractivity contribution in [3.8, 4) is 0 Å². The van der Waals surface area contributed by atoms with Gasteiger partial charge in [0.2, 0.25) is 0 Å². The molecular weight excluding hydrogens is 388 g/mol. The summed E-state index contributed by atoms with van der Waals surface area (Å²) in [6.45, 7) is 1.92. The molecule has 30 heavy (non-hydrogen) atoms. The van der Waals surface area contributed by atoms with E-state index < -0.39 is 17.7 Å². The van der Waals surface area contributed by atoms with Crippen molar-refractivity contribution in [2.45, 2.75) is 51.2 Å². The summed E-state index contributed by atoms with van der Waals surface area (Å²) in [4.78, 5) is 17.4. The molecule has 2 heterocycles. The van der Waals surface area contributed by atoms with Gasteiger partial charge >= 0.3 is 0 Å². The van der Waals surface area contributed by atoms with E-state index in [0.29, 0.717) is 17.6 Å². The van der Waals surface area contributed by atoms with Crippen LogP contribution in [0.25, 0.3) is 11.0 Å². The van der Waals surface area contributed by atoms with Gasteiger partial charge in [0.25, 0.3) is 5.91 Å². The number of aromatic nitrogens is 2. The number of rotatable bonds is 4. The Kier molecular flexibility index (Phi) is 5.56. The van der Waals surface area contributed by atoms with Gasteiger partial charge in [0.1, 0.15) is 11.3 Å². The molecule has 1 fully saturated rings. The molecule has 4 rings (SSSR count). The first-order chi connectivity index (χ1) is 14.3. The molecule has 0 radical (unpaired) electrons. The second kappa shape index (κ2) is 8.14. The maximum Gasteiger partial charge on any atom is 0.270 e. The number of halogens is 2. The highest BCUT2D eigenvalue weighted by atomic mass is 19.2. The van der Waals surface area contributed by atoms with Crippen molar-refractivity contribution in [2.24, 2.45) is 7.05 Å². The zero-order chi connectivity index (χ0) is 21.4. The van der Waals surface area contributed by atoms with Gasteiger partial charge in [-0.3, -0.25) is 4.79 Å². The number of amides is 1. The summed E-state index contributed by atoms with van der Waals surface area (Å²) in [6, 6.07) is 5.44. The Morgan fingerprint density at radius 2 is 2.03 bits per heavy atom. The van der Waals surface area contributed by atoms with Crippen LogP contribution < -0.4 is 5.32 Å². The fourth-order valence-electron chi connectivity index (χ4n) is 4.35. The zero-order valence-electron chi connectivity index (χ0n) is 17.1. The van der Waals surface area contributed by atoms with Crippen LogP contribution >= 0.6 is 0 Å². The second-order valence-electron chi connectivity index (χ2n) is 8.11. The van der Waals surface area contributed by atoms with E-state index in [9.17, 15) is 18.7 Å². The molecule has 158 valence electrons. The summed E-state index contributed by atoms with van der Waals surface area (Å²) >= 11 is 0. The summed E-state index contributed by atoms with van der Waals surface area (Å²) in [7, 11) is 1.83. The molecule has 5 nitrogen and oxygen atoms in total. The van der Waals surface area contributed by atoms with Gasteiger partial charge in [-0.15, -0.1) is 0 Å². The number of hydrogen-bond acceptors (Lipinski definition) is 3. The first-order valence-corrected chi connectivity index (χ1v) is 10.2. The van der Waals surface area contributed by atoms with Gasteiger partial charge in [-0.05, 0) is 48.6 Å². The van der Waals surface area contributed by atoms with Crippen molar-refractivity contribution in [1.82, 2.24) is 14.9 Å². The number of carbonyl (C=O) groups excluding carboxylic acids is 1. The molecule has 3 aromatic rings. The van der Waals surface area contributed by atoms with Gasteiger partial charge in [-0.1, -0.05) is 25.0 Å². The largest absolute Gasteiger partial charge is 0.391 e. The fourth-order valence-corrected chi connectivity index (χ4v) is 4.35. The molecule has 2 atom stereocenters. The summed E-state index contributed by atoms with van der Waals surface area (Å²) < 4.78 is 29.8. The van der Waals surface area contributed by atoms with Crippen LogP contribution in [0.15, 0.2) is 30.5 Å². The van der Waals surface area contributed by atoms with Crippen molar-refractivity contribution in [1.29, 1.82) is 0 Å². The second-order valence-corrected chi connectivity index (χ2v) is 8.11. The van der Waals surface area contributed by atoms with Crippen molar-refractivity contribution in [3.05, 3.63) is 64.5 Å². The summed E-state index contributed by atoms with van der Waals surface area (Å²) in [5.41, 5.74) is 2.68. The maximum atomic E-state index is 14.3. The summed E-state index contributed by atoms with van der Waals surface area (Å²) in [5, 5.41) is 13.9. The number of aryl methyl sites for hydroxylation is 2. The van der Waals surface area contributed by atoms with Crippen LogP contribution in [0.2, 0.25) is 0 Å². The minimum absolute atomic E-state index is 0.139. The molecule has 0 aliphatic heterocycles. The van der Waals surface area contributed by atoms with Gasteiger partial charge in [-0.2, -0.15) is 0 Å². The monoisotopic (exact) mass is 413 g/mol. The van der Waals surface area contributed by atoms with E-state index in [-0.39, 0.29) is 29.6 Å². The van der Waals surface area contributed by atoms with Crippen LogP contribution in [0.5, 0.6) is 0 Å². The van der Waals surface area contributed by atoms with Crippen LogP contribution in [-0.4, -0.2) is 32.7 Å². The fraction of sp³-hybridized carbons (Fsp3) is 0.391. The Hall–Kier alpha value is -2.80. The third kappa shape index (κ3) is 3.81. The molecule has 0 unspecified atom stereocenters. The Morgan fingerprint density at radius 3 is 2.80 bits per heavy atom. The number of fused-ring (bicyclic) bond motifs is 1. The van der Waals surface area contributed by atoms with E-state index in [4.69, 9.17) is 0 Å². The summed E-state index contributed by atoms with van der Waals surface area (Å²) in [6.07, 6.45) is 4.76. The predicted molar refractivity (Wildman–Crippen MR) is 110 cm³/mol. The molecule has 1 aromatic carbocycles. The molecule has 0 spiro atoms. The SMILES string of the molecule is Cc1cn(C)c2nc(C(=O)N[C@H]3CCCC[C@@H]3O)cc(Cc3cccc(F)c3F)c12. The Bertz CT molecular complexity index is 1110. The van der Waals surface area contributed by atoms with Crippen LogP contribution in [0.3, 0.4) is 0 Å². The topological polar surface area (TPSA) is 67.2 Å². The van der Waals surface area contributed by atoms with Gasteiger partial charge in [0, 0.05) is 25.1 Å². The van der Waals surface area contributed by atoms with E-state index in [1.54, 1.807) is 12.1 Å². The highest BCUT2D eigenvalue weighted by molar-refractivity contribution is 5.96.